The Morgan fingerprint density at radius 2 is 2.30 bits per heavy atom. The molecule has 1 atom stereocenters. The van der Waals surface area contributed by atoms with Crippen molar-refractivity contribution in [1.82, 2.24) is 20.1 Å². The lowest BCUT2D eigenvalue weighted by Gasteiger charge is -2.19. The first-order chi connectivity index (χ1) is 9.69. The van der Waals surface area contributed by atoms with Gasteiger partial charge in [0, 0.05) is 37.6 Å². The molecule has 1 unspecified atom stereocenters. The van der Waals surface area contributed by atoms with E-state index < -0.39 is 0 Å². The van der Waals surface area contributed by atoms with Gasteiger partial charge in [0.2, 0.25) is 0 Å². The maximum atomic E-state index is 4.74. The molecule has 0 radical (unpaired) electrons. The molecule has 2 aliphatic rings. The minimum atomic E-state index is 0.768. The third kappa shape index (κ3) is 4.25. The van der Waals surface area contributed by atoms with E-state index >= 15 is 0 Å². The lowest BCUT2D eigenvalue weighted by Crippen LogP contribution is -2.27. The van der Waals surface area contributed by atoms with Gasteiger partial charge in [-0.05, 0) is 45.8 Å². The molecule has 0 aromatic carbocycles. The van der Waals surface area contributed by atoms with Crippen LogP contribution < -0.4 is 5.32 Å². The van der Waals surface area contributed by atoms with Crippen molar-refractivity contribution in [3.8, 4) is 0 Å². The smallest absolute Gasteiger partial charge is 0.107 e. The summed E-state index contributed by atoms with van der Waals surface area (Å²) in [6.07, 6.45) is 4.03. The topological polar surface area (TPSA) is 31.4 Å². The fraction of sp³-hybridized carbons (Fsp3) is 0.800. The Balaban J connectivity index is 1.42. The molecule has 5 heteroatoms. The average molecular weight is 294 g/mol. The molecule has 0 bridgehead atoms. The van der Waals surface area contributed by atoms with Crippen LogP contribution in [0.4, 0.5) is 0 Å². The van der Waals surface area contributed by atoms with Gasteiger partial charge in [0.1, 0.15) is 5.01 Å². The second-order valence-corrected chi connectivity index (χ2v) is 7.44. The van der Waals surface area contributed by atoms with E-state index in [1.54, 1.807) is 11.3 Å². The largest absolute Gasteiger partial charge is 0.308 e. The molecule has 2 fully saturated rings. The van der Waals surface area contributed by atoms with Crippen molar-refractivity contribution < 1.29 is 0 Å². The van der Waals surface area contributed by atoms with E-state index in [1.807, 2.05) is 0 Å². The van der Waals surface area contributed by atoms with Crippen molar-refractivity contribution in [2.75, 3.05) is 33.7 Å². The summed E-state index contributed by atoms with van der Waals surface area (Å²) in [5.41, 5.74) is 1.23. The summed E-state index contributed by atoms with van der Waals surface area (Å²) < 4.78 is 0. The van der Waals surface area contributed by atoms with Crippen molar-refractivity contribution in [2.24, 2.45) is 5.92 Å². The molecule has 0 spiro atoms. The third-order valence-electron chi connectivity index (χ3n) is 4.21. The fourth-order valence-corrected chi connectivity index (χ4v) is 3.71. The standard InChI is InChI=1S/C15H26N4S/c1-18-6-5-12(8-18)9-19(2)10-14-11-20-15(17-14)7-16-13-3-4-13/h11-13,16H,3-10H2,1-2H3. The van der Waals surface area contributed by atoms with Crippen LogP contribution >= 0.6 is 11.3 Å². The Hall–Kier alpha value is -0.490. The molecule has 1 N–H and O–H groups in total. The Morgan fingerprint density at radius 1 is 1.45 bits per heavy atom. The van der Waals surface area contributed by atoms with E-state index in [1.165, 1.54) is 49.6 Å². The van der Waals surface area contributed by atoms with Gasteiger partial charge in [0.05, 0.1) is 5.69 Å². The number of rotatable bonds is 7. The summed E-state index contributed by atoms with van der Waals surface area (Å²) >= 11 is 1.80. The van der Waals surface area contributed by atoms with Crippen LogP contribution in [0.25, 0.3) is 0 Å². The number of aromatic nitrogens is 1. The van der Waals surface area contributed by atoms with E-state index in [0.29, 0.717) is 0 Å². The molecule has 3 rings (SSSR count). The summed E-state index contributed by atoms with van der Waals surface area (Å²) in [4.78, 5) is 9.60. The third-order valence-corrected chi connectivity index (χ3v) is 5.11. The number of nitrogens with one attached hydrogen (secondary N) is 1. The van der Waals surface area contributed by atoms with Crippen molar-refractivity contribution in [2.45, 2.75) is 38.4 Å². The highest BCUT2D eigenvalue weighted by Gasteiger charge is 2.22. The van der Waals surface area contributed by atoms with Gasteiger partial charge in [-0.3, -0.25) is 0 Å². The van der Waals surface area contributed by atoms with Crippen molar-refractivity contribution in [3.05, 3.63) is 16.1 Å². The molecule has 1 aliphatic heterocycles. The second kappa shape index (κ2) is 6.52. The van der Waals surface area contributed by atoms with Gasteiger partial charge < -0.3 is 15.1 Å². The number of thiazole rings is 1. The minimum absolute atomic E-state index is 0.768. The van der Waals surface area contributed by atoms with Gasteiger partial charge in [-0.1, -0.05) is 0 Å². The number of nitrogens with zero attached hydrogens (tertiary/aromatic N) is 3. The monoisotopic (exact) mass is 294 g/mol. The van der Waals surface area contributed by atoms with Crippen molar-refractivity contribution in [3.63, 3.8) is 0 Å². The second-order valence-electron chi connectivity index (χ2n) is 6.50. The van der Waals surface area contributed by atoms with Gasteiger partial charge in [0.15, 0.2) is 0 Å². The van der Waals surface area contributed by atoms with Crippen molar-refractivity contribution >= 4 is 11.3 Å². The molecule has 4 nitrogen and oxygen atoms in total. The number of hydrogen-bond acceptors (Lipinski definition) is 5. The molecule has 1 aromatic heterocycles. The van der Waals surface area contributed by atoms with E-state index in [2.05, 4.69) is 34.6 Å². The Morgan fingerprint density at radius 3 is 3.00 bits per heavy atom. The Kier molecular flexibility index (Phi) is 4.71. The Labute approximate surface area is 126 Å². The minimum Gasteiger partial charge on any atom is -0.308 e. The lowest BCUT2D eigenvalue weighted by molar-refractivity contribution is 0.265. The number of likely N-dealkylation sites (tertiary alicyclic amines) is 1. The first-order valence-electron chi connectivity index (χ1n) is 7.73. The van der Waals surface area contributed by atoms with Crippen LogP contribution in [-0.4, -0.2) is 54.6 Å². The molecule has 1 saturated carbocycles. The van der Waals surface area contributed by atoms with Gasteiger partial charge in [0.25, 0.3) is 0 Å². The summed E-state index contributed by atoms with van der Waals surface area (Å²) in [6.45, 7) is 5.63. The predicted molar refractivity (Wildman–Crippen MR) is 83.9 cm³/mol. The first-order valence-corrected chi connectivity index (χ1v) is 8.61. The van der Waals surface area contributed by atoms with Crippen molar-refractivity contribution in [1.29, 1.82) is 0 Å². The molecular weight excluding hydrogens is 268 g/mol. The van der Waals surface area contributed by atoms with Crippen LogP contribution in [0.1, 0.15) is 30.0 Å². The molecular formula is C15H26N4S. The molecule has 20 heavy (non-hydrogen) atoms. The maximum absolute atomic E-state index is 4.74. The van der Waals surface area contributed by atoms with E-state index in [4.69, 9.17) is 4.98 Å². The summed E-state index contributed by atoms with van der Waals surface area (Å²) in [5, 5.41) is 6.99. The molecule has 2 heterocycles. The molecule has 0 amide bonds. The van der Waals surface area contributed by atoms with Gasteiger partial charge >= 0.3 is 0 Å². The quantitative estimate of drug-likeness (QED) is 0.830. The predicted octanol–water partition coefficient (Wildman–Crippen LogP) is 1.78. The summed E-state index contributed by atoms with van der Waals surface area (Å²) in [6, 6.07) is 0.768. The van der Waals surface area contributed by atoms with Crippen LogP contribution in [0.5, 0.6) is 0 Å². The van der Waals surface area contributed by atoms with E-state index in [-0.39, 0.29) is 0 Å². The highest BCUT2D eigenvalue weighted by atomic mass is 32.1. The normalized spacial score (nSPS) is 23.9. The molecule has 1 saturated heterocycles. The highest BCUT2D eigenvalue weighted by molar-refractivity contribution is 7.09. The van der Waals surface area contributed by atoms with E-state index in [0.717, 1.165) is 25.0 Å². The maximum Gasteiger partial charge on any atom is 0.107 e. The first kappa shape index (κ1) is 14.4. The van der Waals surface area contributed by atoms with Gasteiger partial charge in [-0.15, -0.1) is 11.3 Å². The zero-order valence-corrected chi connectivity index (χ0v) is 13.5. The van der Waals surface area contributed by atoms with Gasteiger partial charge in [-0.25, -0.2) is 4.98 Å². The zero-order chi connectivity index (χ0) is 13.9. The molecule has 1 aromatic rings. The highest BCUT2D eigenvalue weighted by Crippen LogP contribution is 2.20. The number of hydrogen-bond donors (Lipinski definition) is 1. The van der Waals surface area contributed by atoms with Crippen LogP contribution in [0, 0.1) is 5.92 Å². The average Bonchev–Trinajstić information content (AvgIpc) is 3.00. The SMILES string of the molecule is CN1CCC(CN(C)Cc2csc(CNC3CC3)n2)C1. The summed E-state index contributed by atoms with van der Waals surface area (Å²) in [5.74, 6) is 0.833. The van der Waals surface area contributed by atoms with Crippen LogP contribution in [0.15, 0.2) is 5.38 Å². The van der Waals surface area contributed by atoms with Gasteiger partial charge in [-0.2, -0.15) is 0 Å². The van der Waals surface area contributed by atoms with Crippen LogP contribution in [-0.2, 0) is 13.1 Å². The van der Waals surface area contributed by atoms with Crippen LogP contribution in [0.2, 0.25) is 0 Å². The van der Waals surface area contributed by atoms with E-state index in [9.17, 15) is 0 Å². The molecule has 112 valence electrons. The van der Waals surface area contributed by atoms with Crippen LogP contribution in [0.3, 0.4) is 0 Å². The zero-order valence-electron chi connectivity index (χ0n) is 12.6. The molecule has 1 aliphatic carbocycles. The lowest BCUT2D eigenvalue weighted by atomic mass is 10.1. The fourth-order valence-electron chi connectivity index (χ4n) is 2.98. The Bertz CT molecular complexity index is 429. The summed E-state index contributed by atoms with van der Waals surface area (Å²) in [7, 11) is 4.44.